The predicted molar refractivity (Wildman–Crippen MR) is 116 cm³/mol. The van der Waals surface area contributed by atoms with Crippen molar-refractivity contribution in [3.63, 3.8) is 0 Å². The van der Waals surface area contributed by atoms with Gasteiger partial charge < -0.3 is 20.3 Å². The highest BCUT2D eigenvalue weighted by Crippen LogP contribution is 2.22. The third-order valence-electron chi connectivity index (χ3n) is 5.14. The van der Waals surface area contributed by atoms with E-state index in [1.165, 1.54) is 6.92 Å². The van der Waals surface area contributed by atoms with E-state index in [1.54, 1.807) is 0 Å². The summed E-state index contributed by atoms with van der Waals surface area (Å²) in [5.41, 5.74) is 1.55. The third-order valence-corrected chi connectivity index (χ3v) is 5.14. The van der Waals surface area contributed by atoms with Gasteiger partial charge in [0.2, 0.25) is 11.8 Å². The van der Waals surface area contributed by atoms with Crippen molar-refractivity contribution in [2.45, 2.75) is 65.5 Å². The van der Waals surface area contributed by atoms with Crippen LogP contribution in [0, 0.1) is 12.8 Å². The molecule has 2 rings (SSSR count). The van der Waals surface area contributed by atoms with Gasteiger partial charge in [0.1, 0.15) is 5.60 Å². The zero-order chi connectivity index (χ0) is 22.3. The van der Waals surface area contributed by atoms with Gasteiger partial charge in [0.05, 0.1) is 12.5 Å². The van der Waals surface area contributed by atoms with Crippen molar-refractivity contribution in [3.05, 3.63) is 35.4 Å². The fourth-order valence-electron chi connectivity index (χ4n) is 3.53. The number of alkyl carbamates (subject to hydrolysis) is 1. The van der Waals surface area contributed by atoms with Gasteiger partial charge in [-0.15, -0.1) is 0 Å². The number of benzene rings is 1. The van der Waals surface area contributed by atoms with Crippen molar-refractivity contribution in [2.24, 2.45) is 5.92 Å². The highest BCUT2D eigenvalue weighted by Gasteiger charge is 2.26. The van der Waals surface area contributed by atoms with Crippen LogP contribution < -0.4 is 10.6 Å². The highest BCUT2D eigenvalue weighted by molar-refractivity contribution is 5.79. The summed E-state index contributed by atoms with van der Waals surface area (Å²) in [4.78, 5) is 38.1. The average Bonchev–Trinajstić information content (AvgIpc) is 2.65. The summed E-state index contributed by atoms with van der Waals surface area (Å²) in [6.45, 7) is 10.8. The molecule has 7 nitrogen and oxygen atoms in total. The number of rotatable bonds is 6. The number of hydrogen-bond acceptors (Lipinski definition) is 4. The van der Waals surface area contributed by atoms with E-state index in [0.29, 0.717) is 25.6 Å². The molecule has 1 saturated heterocycles. The fraction of sp³-hybridized carbons (Fsp3) is 0.609. The molecular weight excluding hydrogens is 382 g/mol. The Balaban J connectivity index is 1.84. The molecule has 1 heterocycles. The molecule has 0 aliphatic carbocycles. The molecule has 1 atom stereocenters. The maximum absolute atomic E-state index is 12.8. The van der Waals surface area contributed by atoms with Crippen LogP contribution in [0.3, 0.4) is 0 Å². The molecule has 1 aromatic carbocycles. The largest absolute Gasteiger partial charge is 0.444 e. The summed E-state index contributed by atoms with van der Waals surface area (Å²) in [6.07, 6.45) is 1.49. The second-order valence-corrected chi connectivity index (χ2v) is 9.07. The Morgan fingerprint density at radius 1 is 1.13 bits per heavy atom. The molecule has 1 unspecified atom stereocenters. The van der Waals surface area contributed by atoms with E-state index in [4.69, 9.17) is 4.74 Å². The molecule has 30 heavy (non-hydrogen) atoms. The zero-order valence-electron chi connectivity index (χ0n) is 18.8. The lowest BCUT2D eigenvalue weighted by atomic mass is 9.95. The summed E-state index contributed by atoms with van der Waals surface area (Å²) >= 11 is 0. The van der Waals surface area contributed by atoms with Crippen LogP contribution in [0.4, 0.5) is 4.79 Å². The van der Waals surface area contributed by atoms with Gasteiger partial charge in [0, 0.05) is 26.6 Å². The van der Waals surface area contributed by atoms with Gasteiger partial charge in [-0.05, 0) is 52.0 Å². The van der Waals surface area contributed by atoms with Gasteiger partial charge in [-0.25, -0.2) is 4.79 Å². The maximum Gasteiger partial charge on any atom is 0.407 e. The van der Waals surface area contributed by atoms with Crippen LogP contribution in [0.2, 0.25) is 0 Å². The number of hydrogen-bond donors (Lipinski definition) is 2. The molecule has 0 radical (unpaired) electrons. The summed E-state index contributed by atoms with van der Waals surface area (Å²) in [5, 5.41) is 5.72. The Morgan fingerprint density at radius 2 is 1.73 bits per heavy atom. The lowest BCUT2D eigenvalue weighted by molar-refractivity contribution is -0.133. The smallest absolute Gasteiger partial charge is 0.407 e. The van der Waals surface area contributed by atoms with Crippen LogP contribution >= 0.6 is 0 Å². The predicted octanol–water partition coefficient (Wildman–Crippen LogP) is 3.33. The van der Waals surface area contributed by atoms with E-state index in [1.807, 2.05) is 56.9 Å². The van der Waals surface area contributed by atoms with Gasteiger partial charge >= 0.3 is 6.09 Å². The number of piperidine rings is 1. The molecule has 3 amide bonds. The number of likely N-dealkylation sites (tertiary alicyclic amines) is 1. The highest BCUT2D eigenvalue weighted by atomic mass is 16.6. The van der Waals surface area contributed by atoms with Crippen LogP contribution in [0.15, 0.2) is 24.3 Å². The lowest BCUT2D eigenvalue weighted by Gasteiger charge is -2.33. The van der Waals surface area contributed by atoms with E-state index in [9.17, 15) is 14.4 Å². The van der Waals surface area contributed by atoms with E-state index in [-0.39, 0.29) is 24.3 Å². The van der Waals surface area contributed by atoms with Crippen LogP contribution in [0.25, 0.3) is 0 Å². The molecule has 0 spiro atoms. The maximum atomic E-state index is 12.8. The van der Waals surface area contributed by atoms with Crippen molar-refractivity contribution in [1.82, 2.24) is 15.5 Å². The summed E-state index contributed by atoms with van der Waals surface area (Å²) in [7, 11) is 0. The molecule has 1 aromatic rings. The molecule has 166 valence electrons. The topological polar surface area (TPSA) is 87.7 Å². The van der Waals surface area contributed by atoms with Crippen LogP contribution in [0.1, 0.15) is 64.1 Å². The van der Waals surface area contributed by atoms with Crippen molar-refractivity contribution in [1.29, 1.82) is 0 Å². The first kappa shape index (κ1) is 23.7. The Morgan fingerprint density at radius 3 is 2.27 bits per heavy atom. The van der Waals surface area contributed by atoms with E-state index in [0.717, 1.165) is 24.0 Å². The number of carbonyl (C=O) groups is 3. The third kappa shape index (κ3) is 8.05. The van der Waals surface area contributed by atoms with Crippen molar-refractivity contribution >= 4 is 17.9 Å². The summed E-state index contributed by atoms with van der Waals surface area (Å²) < 4.78 is 5.26. The Hall–Kier alpha value is -2.57. The van der Waals surface area contributed by atoms with E-state index in [2.05, 4.69) is 10.6 Å². The van der Waals surface area contributed by atoms with Crippen molar-refractivity contribution in [2.75, 3.05) is 19.6 Å². The number of amides is 3. The minimum absolute atomic E-state index is 0.0351. The standard InChI is InChI=1S/C23H35N3O4/c1-16-6-8-19(9-7-16)20(25-17(2)27)14-21(28)26-12-10-18(11-13-26)15-24-22(29)30-23(3,4)5/h6-9,18,20H,10-15H2,1-5H3,(H,24,29)(H,25,27). The van der Waals surface area contributed by atoms with Crippen LogP contribution in [0.5, 0.6) is 0 Å². The normalized spacial score (nSPS) is 16.0. The van der Waals surface area contributed by atoms with E-state index >= 15 is 0 Å². The van der Waals surface area contributed by atoms with Gasteiger partial charge in [0.25, 0.3) is 0 Å². The van der Waals surface area contributed by atoms with Gasteiger partial charge in [-0.1, -0.05) is 29.8 Å². The van der Waals surface area contributed by atoms with Crippen molar-refractivity contribution in [3.8, 4) is 0 Å². The number of carbonyl (C=O) groups excluding carboxylic acids is 3. The quantitative estimate of drug-likeness (QED) is 0.743. The monoisotopic (exact) mass is 417 g/mol. The van der Waals surface area contributed by atoms with Gasteiger partial charge in [0.15, 0.2) is 0 Å². The Bertz CT molecular complexity index is 732. The molecular formula is C23H35N3O4. The number of nitrogens with one attached hydrogen (secondary N) is 2. The number of aryl methyl sites for hydroxylation is 1. The molecule has 0 saturated carbocycles. The second-order valence-electron chi connectivity index (χ2n) is 9.07. The minimum Gasteiger partial charge on any atom is -0.444 e. The van der Waals surface area contributed by atoms with Crippen LogP contribution in [-0.4, -0.2) is 48.0 Å². The first-order valence-electron chi connectivity index (χ1n) is 10.6. The molecule has 7 heteroatoms. The van der Waals surface area contributed by atoms with Gasteiger partial charge in [-0.3, -0.25) is 9.59 Å². The summed E-state index contributed by atoms with van der Waals surface area (Å²) in [5.74, 6) is 0.206. The Labute approximate surface area is 179 Å². The average molecular weight is 418 g/mol. The van der Waals surface area contributed by atoms with Crippen molar-refractivity contribution < 1.29 is 19.1 Å². The fourth-order valence-corrected chi connectivity index (χ4v) is 3.53. The molecule has 0 aromatic heterocycles. The molecule has 0 bridgehead atoms. The van der Waals surface area contributed by atoms with Gasteiger partial charge in [-0.2, -0.15) is 0 Å². The Kier molecular flexibility index (Phi) is 8.26. The molecule has 1 aliphatic heterocycles. The van der Waals surface area contributed by atoms with Crippen LogP contribution in [-0.2, 0) is 14.3 Å². The second kappa shape index (κ2) is 10.5. The zero-order valence-corrected chi connectivity index (χ0v) is 18.8. The lowest BCUT2D eigenvalue weighted by Crippen LogP contribution is -2.43. The number of nitrogens with zero attached hydrogens (tertiary/aromatic N) is 1. The minimum atomic E-state index is -0.512. The first-order chi connectivity index (χ1) is 14.0. The summed E-state index contributed by atoms with van der Waals surface area (Å²) in [6, 6.07) is 7.55. The first-order valence-corrected chi connectivity index (χ1v) is 10.6. The molecule has 2 N–H and O–H groups in total. The molecule has 1 fully saturated rings. The van der Waals surface area contributed by atoms with E-state index < -0.39 is 11.7 Å². The SMILES string of the molecule is CC(=O)NC(CC(=O)N1CCC(CNC(=O)OC(C)(C)C)CC1)c1ccc(C)cc1. The number of ether oxygens (including phenoxy) is 1. The molecule has 1 aliphatic rings.